The van der Waals surface area contributed by atoms with Crippen molar-refractivity contribution in [2.45, 2.75) is 24.5 Å². The number of nitrogens with zero attached hydrogens (tertiary/aromatic N) is 2. The SMILES string of the molecule is Cc1noc(C)c1-c1cc(SCc2ccccc2)c2cccnc2c1. The summed E-state index contributed by atoms with van der Waals surface area (Å²) in [6.45, 7) is 3.93. The van der Waals surface area contributed by atoms with Gasteiger partial charge in [-0.3, -0.25) is 4.98 Å². The zero-order chi connectivity index (χ0) is 17.2. The van der Waals surface area contributed by atoms with Crippen molar-refractivity contribution in [3.05, 3.63) is 77.8 Å². The summed E-state index contributed by atoms with van der Waals surface area (Å²) in [4.78, 5) is 5.79. The molecule has 0 amide bonds. The molecule has 0 atom stereocenters. The van der Waals surface area contributed by atoms with Crippen LogP contribution in [-0.2, 0) is 5.75 Å². The average molecular weight is 346 g/mol. The fourth-order valence-electron chi connectivity index (χ4n) is 3.04. The molecule has 0 saturated heterocycles. The molecule has 0 bridgehead atoms. The van der Waals surface area contributed by atoms with Gasteiger partial charge in [-0.2, -0.15) is 0 Å². The van der Waals surface area contributed by atoms with Crippen LogP contribution >= 0.6 is 11.8 Å². The zero-order valence-electron chi connectivity index (χ0n) is 14.2. The Labute approximate surface area is 151 Å². The minimum Gasteiger partial charge on any atom is -0.361 e. The normalized spacial score (nSPS) is 11.1. The molecule has 4 heteroatoms. The van der Waals surface area contributed by atoms with Crippen molar-refractivity contribution in [1.82, 2.24) is 10.1 Å². The average Bonchev–Trinajstić information content (AvgIpc) is 2.99. The molecule has 2 aromatic carbocycles. The van der Waals surface area contributed by atoms with Gasteiger partial charge in [0.1, 0.15) is 5.76 Å². The van der Waals surface area contributed by atoms with Gasteiger partial charge in [0, 0.05) is 27.8 Å². The summed E-state index contributed by atoms with van der Waals surface area (Å²) in [5.74, 6) is 1.77. The Morgan fingerprint density at radius 1 is 1.00 bits per heavy atom. The van der Waals surface area contributed by atoms with Crippen molar-refractivity contribution in [2.75, 3.05) is 0 Å². The largest absolute Gasteiger partial charge is 0.361 e. The monoisotopic (exact) mass is 346 g/mol. The number of hydrogen-bond donors (Lipinski definition) is 0. The van der Waals surface area contributed by atoms with Gasteiger partial charge in [0.15, 0.2) is 0 Å². The number of rotatable bonds is 4. The molecule has 0 spiro atoms. The summed E-state index contributed by atoms with van der Waals surface area (Å²) in [6, 6.07) is 19.0. The van der Waals surface area contributed by atoms with E-state index in [1.54, 1.807) is 0 Å². The van der Waals surface area contributed by atoms with Crippen LogP contribution in [0.4, 0.5) is 0 Å². The lowest BCUT2D eigenvalue weighted by atomic mass is 10.0. The molecule has 0 radical (unpaired) electrons. The van der Waals surface area contributed by atoms with Gasteiger partial charge in [0.05, 0.1) is 11.2 Å². The molecule has 124 valence electrons. The summed E-state index contributed by atoms with van der Waals surface area (Å²) in [7, 11) is 0. The van der Waals surface area contributed by atoms with Crippen LogP contribution in [-0.4, -0.2) is 10.1 Å². The molecule has 25 heavy (non-hydrogen) atoms. The van der Waals surface area contributed by atoms with Gasteiger partial charge in [0.25, 0.3) is 0 Å². The van der Waals surface area contributed by atoms with E-state index >= 15 is 0 Å². The third kappa shape index (κ3) is 3.17. The topological polar surface area (TPSA) is 38.9 Å². The van der Waals surface area contributed by atoms with E-state index in [0.29, 0.717) is 0 Å². The molecule has 4 rings (SSSR count). The number of benzene rings is 2. The van der Waals surface area contributed by atoms with Crippen LogP contribution in [0.5, 0.6) is 0 Å². The number of aryl methyl sites for hydroxylation is 2. The fourth-order valence-corrected chi connectivity index (χ4v) is 4.10. The number of pyridine rings is 1. The fraction of sp³-hybridized carbons (Fsp3) is 0.143. The summed E-state index contributed by atoms with van der Waals surface area (Å²) < 4.78 is 5.35. The van der Waals surface area contributed by atoms with Crippen LogP contribution in [0.25, 0.3) is 22.0 Å². The van der Waals surface area contributed by atoms with E-state index < -0.39 is 0 Å². The van der Waals surface area contributed by atoms with E-state index in [2.05, 4.69) is 52.6 Å². The van der Waals surface area contributed by atoms with E-state index in [1.165, 1.54) is 15.8 Å². The molecule has 0 fully saturated rings. The summed E-state index contributed by atoms with van der Waals surface area (Å²) >= 11 is 1.84. The highest BCUT2D eigenvalue weighted by molar-refractivity contribution is 7.98. The molecule has 2 aromatic heterocycles. The van der Waals surface area contributed by atoms with Crippen LogP contribution in [0.1, 0.15) is 17.0 Å². The third-order valence-corrected chi connectivity index (χ3v) is 5.37. The molecule has 3 nitrogen and oxygen atoms in total. The molecule has 0 N–H and O–H groups in total. The Hall–Kier alpha value is -2.59. The quantitative estimate of drug-likeness (QED) is 0.438. The number of aromatic nitrogens is 2. The first-order valence-electron chi connectivity index (χ1n) is 8.21. The molecule has 0 unspecified atom stereocenters. The van der Waals surface area contributed by atoms with Crippen molar-refractivity contribution in [1.29, 1.82) is 0 Å². The molecule has 0 aliphatic rings. The van der Waals surface area contributed by atoms with E-state index in [9.17, 15) is 0 Å². The first-order valence-corrected chi connectivity index (χ1v) is 9.19. The number of hydrogen-bond acceptors (Lipinski definition) is 4. The maximum atomic E-state index is 5.35. The minimum atomic E-state index is 0.840. The van der Waals surface area contributed by atoms with Crippen LogP contribution in [0.2, 0.25) is 0 Å². The van der Waals surface area contributed by atoms with Gasteiger partial charge in [-0.25, -0.2) is 0 Å². The lowest BCUT2D eigenvalue weighted by Crippen LogP contribution is -1.88. The number of fused-ring (bicyclic) bond motifs is 1. The summed E-state index contributed by atoms with van der Waals surface area (Å²) in [5.41, 5.74) is 5.39. The Morgan fingerprint density at radius 2 is 1.84 bits per heavy atom. The number of thioether (sulfide) groups is 1. The highest BCUT2D eigenvalue weighted by Crippen LogP contribution is 2.36. The smallest absolute Gasteiger partial charge is 0.141 e. The molecule has 0 saturated carbocycles. The van der Waals surface area contributed by atoms with Crippen LogP contribution in [0.15, 0.2) is 70.2 Å². The van der Waals surface area contributed by atoms with Crippen molar-refractivity contribution in [3.8, 4) is 11.1 Å². The van der Waals surface area contributed by atoms with Crippen molar-refractivity contribution in [2.24, 2.45) is 0 Å². The standard InChI is InChI=1S/C21H18N2OS/c1-14-21(15(2)24-23-14)17-11-19-18(9-6-10-22-19)20(12-17)25-13-16-7-4-3-5-8-16/h3-12H,13H2,1-2H3. The highest BCUT2D eigenvalue weighted by Gasteiger charge is 2.14. The van der Waals surface area contributed by atoms with Crippen LogP contribution in [0.3, 0.4) is 0 Å². The van der Waals surface area contributed by atoms with Crippen molar-refractivity contribution >= 4 is 22.7 Å². The lowest BCUT2D eigenvalue weighted by molar-refractivity contribution is 0.393. The molecule has 0 aliphatic carbocycles. The van der Waals surface area contributed by atoms with Gasteiger partial charge in [-0.15, -0.1) is 11.8 Å². The second kappa shape index (κ2) is 6.73. The summed E-state index contributed by atoms with van der Waals surface area (Å²) in [5, 5.41) is 5.27. The lowest BCUT2D eigenvalue weighted by Gasteiger charge is -2.10. The maximum Gasteiger partial charge on any atom is 0.141 e. The van der Waals surface area contributed by atoms with Gasteiger partial charge < -0.3 is 4.52 Å². The van der Waals surface area contributed by atoms with E-state index in [4.69, 9.17) is 4.52 Å². The van der Waals surface area contributed by atoms with E-state index in [-0.39, 0.29) is 0 Å². The minimum absolute atomic E-state index is 0.840. The highest BCUT2D eigenvalue weighted by atomic mass is 32.2. The third-order valence-electron chi connectivity index (χ3n) is 4.24. The Kier molecular flexibility index (Phi) is 4.28. The van der Waals surface area contributed by atoms with Crippen LogP contribution in [0, 0.1) is 13.8 Å². The van der Waals surface area contributed by atoms with Gasteiger partial charge in [-0.05, 0) is 43.2 Å². The maximum absolute atomic E-state index is 5.35. The Morgan fingerprint density at radius 3 is 2.60 bits per heavy atom. The van der Waals surface area contributed by atoms with Gasteiger partial charge in [0.2, 0.25) is 0 Å². The Bertz CT molecular complexity index is 1010. The van der Waals surface area contributed by atoms with Gasteiger partial charge >= 0.3 is 0 Å². The van der Waals surface area contributed by atoms with Crippen LogP contribution < -0.4 is 0 Å². The predicted molar refractivity (Wildman–Crippen MR) is 103 cm³/mol. The van der Waals surface area contributed by atoms with Gasteiger partial charge in [-0.1, -0.05) is 41.6 Å². The first-order chi connectivity index (χ1) is 12.2. The second-order valence-corrected chi connectivity index (χ2v) is 7.04. The zero-order valence-corrected chi connectivity index (χ0v) is 15.0. The molecule has 0 aliphatic heterocycles. The van der Waals surface area contributed by atoms with E-state index in [1.807, 2.05) is 43.9 Å². The molecule has 4 aromatic rings. The first kappa shape index (κ1) is 15.9. The summed E-state index contributed by atoms with van der Waals surface area (Å²) in [6.07, 6.45) is 1.84. The van der Waals surface area contributed by atoms with Crippen molar-refractivity contribution < 1.29 is 4.52 Å². The molecule has 2 heterocycles. The second-order valence-electron chi connectivity index (χ2n) is 6.02. The Balaban J connectivity index is 1.79. The molecular weight excluding hydrogens is 328 g/mol. The molecular formula is C21H18N2OS. The van der Waals surface area contributed by atoms with E-state index in [0.717, 1.165) is 33.9 Å². The predicted octanol–water partition coefficient (Wildman–Crippen LogP) is 5.80. The van der Waals surface area contributed by atoms with Crippen molar-refractivity contribution in [3.63, 3.8) is 0 Å².